The molecule has 5 nitrogen and oxygen atoms in total. The lowest BCUT2D eigenvalue weighted by Crippen LogP contribution is -2.32. The second-order valence-electron chi connectivity index (χ2n) is 1.73. The molecule has 3 atom stereocenters. The smallest absolute Gasteiger partial charge is 0.153 e. The van der Waals surface area contributed by atoms with Crippen LogP contribution in [0.25, 0.3) is 0 Å². The van der Waals surface area contributed by atoms with Crippen molar-refractivity contribution < 1.29 is 18.6 Å². The highest BCUT2D eigenvalue weighted by molar-refractivity contribution is 7.77. The predicted octanol–water partition coefficient (Wildman–Crippen LogP) is -0.929. The molecular weight excluding hydrogens is 158 g/mol. The number of aliphatic hydroxyl groups excluding tert-OH is 1. The third kappa shape index (κ3) is 6.12. The quantitative estimate of drug-likeness (QED) is 0.420. The monoisotopic (exact) mass is 168 g/mol. The number of rotatable bonds is 4. The van der Waals surface area contributed by atoms with Gasteiger partial charge in [0.15, 0.2) is 6.29 Å². The third-order valence-electron chi connectivity index (χ3n) is 0.663. The predicted molar refractivity (Wildman–Crippen MR) is 34.3 cm³/mol. The number of nitrogens with one attached hydrogen (secondary N) is 1. The molecule has 0 fully saturated rings. The van der Waals surface area contributed by atoms with E-state index in [1.54, 1.807) is 0 Å². The summed E-state index contributed by atoms with van der Waals surface area (Å²) in [4.78, 5) is 0. The number of aliphatic hydroxyl groups is 1. The molecule has 3 unspecified atom stereocenters. The molecule has 0 aliphatic carbocycles. The summed E-state index contributed by atoms with van der Waals surface area (Å²) in [6.07, 6.45) is -1.66. The molecule has 62 valence electrons. The molecule has 0 amide bonds. The second kappa shape index (κ2) is 4.75. The van der Waals surface area contributed by atoms with Gasteiger partial charge in [0.25, 0.3) is 0 Å². The average Bonchev–Trinajstić information content (AvgIpc) is 1.58. The van der Waals surface area contributed by atoms with Crippen molar-refractivity contribution in [1.29, 1.82) is 0 Å². The van der Waals surface area contributed by atoms with E-state index in [0.29, 0.717) is 0 Å². The molecule has 0 aromatic carbocycles. The van der Waals surface area contributed by atoms with Crippen molar-refractivity contribution >= 4 is 11.3 Å². The Bertz CT molecular complexity index is 118. The zero-order valence-electron chi connectivity index (χ0n) is 5.73. The Hall–Kier alpha value is -0.0100. The summed E-state index contributed by atoms with van der Waals surface area (Å²) < 4.78 is 26.5. The Labute approximate surface area is 61.8 Å². The molecule has 0 spiro atoms. The van der Waals surface area contributed by atoms with Gasteiger partial charge < -0.3 is 14.4 Å². The summed E-state index contributed by atoms with van der Waals surface area (Å²) in [5.41, 5.74) is 0. The molecule has 0 radical (unpaired) electrons. The molecule has 0 heterocycles. The molecule has 0 aromatic rings. The first-order chi connectivity index (χ1) is 4.52. The Kier molecular flexibility index (Phi) is 4.75. The van der Waals surface area contributed by atoms with Crippen molar-refractivity contribution in [3.8, 4) is 0 Å². The molecule has 2 N–H and O–H groups in total. The maximum absolute atomic E-state index is 9.92. The van der Waals surface area contributed by atoms with Gasteiger partial charge in [0.2, 0.25) is 0 Å². The van der Waals surface area contributed by atoms with Crippen molar-refractivity contribution in [2.75, 3.05) is 0 Å². The minimum atomic E-state index is -2.35. The zero-order chi connectivity index (χ0) is 8.15. The van der Waals surface area contributed by atoms with Crippen LogP contribution in [-0.4, -0.2) is 26.4 Å². The van der Waals surface area contributed by atoms with Crippen LogP contribution in [0.1, 0.15) is 13.8 Å². The summed E-state index contributed by atoms with van der Waals surface area (Å²) in [5, 5.41) is 8.57. The second-order valence-corrected chi connectivity index (χ2v) is 2.44. The summed E-state index contributed by atoms with van der Waals surface area (Å²) >= 11 is -2.35. The van der Waals surface area contributed by atoms with Crippen LogP contribution in [0, 0.1) is 0 Å². The van der Waals surface area contributed by atoms with Gasteiger partial charge in [-0.2, -0.15) is 0 Å². The molecule has 0 aliphatic rings. The van der Waals surface area contributed by atoms with Crippen LogP contribution in [0.15, 0.2) is 0 Å². The first kappa shape index (κ1) is 9.99. The van der Waals surface area contributed by atoms with Crippen molar-refractivity contribution in [1.82, 2.24) is 4.72 Å². The van der Waals surface area contributed by atoms with E-state index in [4.69, 9.17) is 5.11 Å². The molecule has 0 aromatic heterocycles. The minimum absolute atomic E-state index is 0.696. The summed E-state index contributed by atoms with van der Waals surface area (Å²) in [6, 6.07) is 0. The third-order valence-corrected chi connectivity index (χ3v) is 1.19. The lowest BCUT2D eigenvalue weighted by molar-refractivity contribution is -0.120. The largest absolute Gasteiger partial charge is 0.760 e. The zero-order valence-corrected chi connectivity index (χ0v) is 6.55. The highest BCUT2D eigenvalue weighted by Crippen LogP contribution is 1.90. The van der Waals surface area contributed by atoms with Crippen LogP contribution in [0.3, 0.4) is 0 Å². The van der Waals surface area contributed by atoms with Gasteiger partial charge in [-0.3, -0.25) is 4.21 Å². The normalized spacial score (nSPS) is 20.0. The van der Waals surface area contributed by atoms with Crippen LogP contribution < -0.4 is 4.72 Å². The van der Waals surface area contributed by atoms with Crippen molar-refractivity contribution in [3.63, 3.8) is 0 Å². The van der Waals surface area contributed by atoms with E-state index in [2.05, 4.69) is 4.74 Å². The molecule has 10 heavy (non-hydrogen) atoms. The van der Waals surface area contributed by atoms with Crippen LogP contribution in [0.4, 0.5) is 0 Å². The fourth-order valence-electron chi connectivity index (χ4n) is 0.459. The van der Waals surface area contributed by atoms with Gasteiger partial charge in [-0.1, -0.05) is 0 Å². The highest BCUT2D eigenvalue weighted by atomic mass is 32.2. The van der Waals surface area contributed by atoms with Crippen molar-refractivity contribution in [2.24, 2.45) is 0 Å². The van der Waals surface area contributed by atoms with Crippen LogP contribution in [0.5, 0.6) is 0 Å². The maximum atomic E-state index is 9.92. The van der Waals surface area contributed by atoms with E-state index in [0.717, 1.165) is 0 Å². The maximum Gasteiger partial charge on any atom is 0.153 e. The van der Waals surface area contributed by atoms with E-state index in [-0.39, 0.29) is 0 Å². The fraction of sp³-hybridized carbons (Fsp3) is 1.00. The van der Waals surface area contributed by atoms with E-state index in [1.165, 1.54) is 13.8 Å². The van der Waals surface area contributed by atoms with Gasteiger partial charge in [0.05, 0.1) is 0 Å². The Balaban J connectivity index is 3.43. The summed E-state index contributed by atoms with van der Waals surface area (Å²) in [5.74, 6) is 0. The van der Waals surface area contributed by atoms with E-state index >= 15 is 0 Å². The highest BCUT2D eigenvalue weighted by Gasteiger charge is 2.03. The van der Waals surface area contributed by atoms with Gasteiger partial charge in [-0.15, -0.1) is 0 Å². The number of hydrogen-bond acceptors (Lipinski definition) is 4. The van der Waals surface area contributed by atoms with Gasteiger partial charge in [-0.05, 0) is 13.8 Å². The first-order valence-electron chi connectivity index (χ1n) is 2.71. The first-order valence-corrected chi connectivity index (χ1v) is 3.79. The SMILES string of the molecule is CC(O)OC(C)NS(=O)[O-]. The van der Waals surface area contributed by atoms with Gasteiger partial charge in [0.1, 0.15) is 6.23 Å². The topological polar surface area (TPSA) is 81.6 Å². The van der Waals surface area contributed by atoms with Gasteiger partial charge in [0, 0.05) is 11.3 Å². The van der Waals surface area contributed by atoms with E-state index in [9.17, 15) is 8.76 Å². The molecule has 6 heteroatoms. The molecule has 0 aliphatic heterocycles. The van der Waals surface area contributed by atoms with Gasteiger partial charge in [-0.25, -0.2) is 4.72 Å². The molecule has 0 saturated heterocycles. The van der Waals surface area contributed by atoms with Gasteiger partial charge >= 0.3 is 0 Å². The van der Waals surface area contributed by atoms with E-state index in [1.807, 2.05) is 4.72 Å². The Morgan fingerprint density at radius 3 is 2.50 bits per heavy atom. The molecule has 0 saturated carbocycles. The number of ether oxygens (including phenoxy) is 1. The average molecular weight is 168 g/mol. The summed E-state index contributed by atoms with van der Waals surface area (Å²) in [6.45, 7) is 2.87. The number of hydrogen-bond donors (Lipinski definition) is 2. The lowest BCUT2D eigenvalue weighted by Gasteiger charge is -2.17. The summed E-state index contributed by atoms with van der Waals surface area (Å²) in [7, 11) is 0. The lowest BCUT2D eigenvalue weighted by atomic mass is 10.7. The Morgan fingerprint density at radius 2 is 2.20 bits per heavy atom. The van der Waals surface area contributed by atoms with Crippen LogP contribution in [0.2, 0.25) is 0 Å². The van der Waals surface area contributed by atoms with Crippen molar-refractivity contribution in [3.05, 3.63) is 0 Å². The van der Waals surface area contributed by atoms with Crippen molar-refractivity contribution in [2.45, 2.75) is 26.4 Å². The molecular formula is C4H10NO4S-. The minimum Gasteiger partial charge on any atom is -0.760 e. The van der Waals surface area contributed by atoms with Crippen LogP contribution >= 0.6 is 0 Å². The molecule has 0 bridgehead atoms. The fourth-order valence-corrected chi connectivity index (χ4v) is 0.785. The standard InChI is InChI=1S/C4H11NO4S/c1-3(5-10(7)8)9-4(2)6/h3-6H,1-2H3,(H,7,8)/p-1. The molecule has 0 rings (SSSR count). The van der Waals surface area contributed by atoms with Crippen LogP contribution in [-0.2, 0) is 16.0 Å². The van der Waals surface area contributed by atoms with E-state index < -0.39 is 23.8 Å². The Morgan fingerprint density at radius 1 is 1.70 bits per heavy atom.